The molecule has 1 atom stereocenters. The summed E-state index contributed by atoms with van der Waals surface area (Å²) in [6.07, 6.45) is 5.94. The van der Waals surface area contributed by atoms with E-state index in [4.69, 9.17) is 0 Å². The Bertz CT molecular complexity index is 1050. The number of benzene rings is 2. The third-order valence-electron chi connectivity index (χ3n) is 6.62. The first-order valence-electron chi connectivity index (χ1n) is 11.8. The average Bonchev–Trinajstić information content (AvgIpc) is 3.20. The van der Waals surface area contributed by atoms with E-state index in [0.29, 0.717) is 25.3 Å². The molecule has 2 fully saturated rings. The molecule has 4 rings (SSSR count). The van der Waals surface area contributed by atoms with Crippen molar-refractivity contribution in [2.24, 2.45) is 0 Å². The molecule has 0 amide bonds. The molecule has 2 aliphatic rings. The SMILES string of the molecule is O=[N+]([O-])c1cc(S(=O)(=O)N2CCCCCC2)ccc1NCC(c1ccccc1)N1CCCC1. The highest BCUT2D eigenvalue weighted by atomic mass is 32.2. The predicted octanol–water partition coefficient (Wildman–Crippen LogP) is 4.41. The van der Waals surface area contributed by atoms with E-state index in [1.165, 1.54) is 22.5 Å². The summed E-state index contributed by atoms with van der Waals surface area (Å²) in [6.45, 7) is 3.42. The Balaban J connectivity index is 1.57. The van der Waals surface area contributed by atoms with Gasteiger partial charge in [0.2, 0.25) is 10.0 Å². The number of anilines is 1. The highest BCUT2D eigenvalue weighted by Gasteiger charge is 2.29. The Morgan fingerprint density at radius 3 is 2.18 bits per heavy atom. The van der Waals surface area contributed by atoms with Gasteiger partial charge in [0.15, 0.2) is 0 Å². The van der Waals surface area contributed by atoms with Crippen LogP contribution in [0.4, 0.5) is 11.4 Å². The number of hydrogen-bond acceptors (Lipinski definition) is 6. The molecule has 0 radical (unpaired) electrons. The summed E-state index contributed by atoms with van der Waals surface area (Å²) in [7, 11) is -3.75. The Kier molecular flexibility index (Phi) is 7.62. The van der Waals surface area contributed by atoms with Crippen LogP contribution in [0.3, 0.4) is 0 Å². The lowest BCUT2D eigenvalue weighted by molar-refractivity contribution is -0.384. The third kappa shape index (κ3) is 5.54. The van der Waals surface area contributed by atoms with Gasteiger partial charge in [0, 0.05) is 25.7 Å². The lowest BCUT2D eigenvalue weighted by atomic mass is 10.1. The Morgan fingerprint density at radius 1 is 0.909 bits per heavy atom. The quantitative estimate of drug-likeness (QED) is 0.452. The van der Waals surface area contributed by atoms with Gasteiger partial charge in [0.25, 0.3) is 5.69 Å². The summed E-state index contributed by atoms with van der Waals surface area (Å²) in [5.74, 6) is 0. The van der Waals surface area contributed by atoms with Crippen molar-refractivity contribution in [2.45, 2.75) is 49.5 Å². The maximum absolute atomic E-state index is 13.1. The lowest BCUT2D eigenvalue weighted by Gasteiger charge is -2.28. The molecule has 178 valence electrons. The molecule has 1 unspecified atom stereocenters. The van der Waals surface area contributed by atoms with Gasteiger partial charge < -0.3 is 5.32 Å². The molecular formula is C24H32N4O4S. The molecule has 8 nitrogen and oxygen atoms in total. The van der Waals surface area contributed by atoms with E-state index in [2.05, 4.69) is 22.3 Å². The van der Waals surface area contributed by atoms with Gasteiger partial charge in [-0.25, -0.2) is 8.42 Å². The minimum Gasteiger partial charge on any atom is -0.378 e. The molecule has 0 aliphatic carbocycles. The van der Waals surface area contributed by atoms with Crippen molar-refractivity contribution in [2.75, 3.05) is 38.0 Å². The van der Waals surface area contributed by atoms with Crippen molar-refractivity contribution < 1.29 is 13.3 Å². The zero-order valence-corrected chi connectivity index (χ0v) is 19.7. The van der Waals surface area contributed by atoms with Gasteiger partial charge in [-0.3, -0.25) is 15.0 Å². The van der Waals surface area contributed by atoms with E-state index in [9.17, 15) is 18.5 Å². The number of sulfonamides is 1. The maximum atomic E-state index is 13.1. The summed E-state index contributed by atoms with van der Waals surface area (Å²) < 4.78 is 27.7. The van der Waals surface area contributed by atoms with Gasteiger partial charge in [0.1, 0.15) is 5.69 Å². The molecule has 2 aromatic carbocycles. The number of rotatable bonds is 8. The number of nitro benzene ring substituents is 1. The fourth-order valence-electron chi connectivity index (χ4n) is 4.80. The van der Waals surface area contributed by atoms with Gasteiger partial charge >= 0.3 is 0 Å². The molecule has 2 aromatic rings. The van der Waals surface area contributed by atoms with Gasteiger partial charge in [-0.1, -0.05) is 43.2 Å². The number of nitro groups is 1. The molecule has 2 heterocycles. The van der Waals surface area contributed by atoms with Crippen molar-refractivity contribution in [3.05, 3.63) is 64.2 Å². The average molecular weight is 473 g/mol. The first kappa shape index (κ1) is 23.7. The van der Waals surface area contributed by atoms with Crippen LogP contribution >= 0.6 is 0 Å². The molecule has 0 spiro atoms. The molecule has 2 saturated heterocycles. The van der Waals surface area contributed by atoms with E-state index in [-0.39, 0.29) is 16.6 Å². The third-order valence-corrected chi connectivity index (χ3v) is 8.51. The first-order chi connectivity index (χ1) is 16.0. The van der Waals surface area contributed by atoms with Gasteiger partial charge in [-0.05, 0) is 56.5 Å². The van der Waals surface area contributed by atoms with Crippen LogP contribution in [0.15, 0.2) is 53.4 Å². The molecule has 0 bridgehead atoms. The summed E-state index contributed by atoms with van der Waals surface area (Å²) in [5, 5.41) is 15.1. The molecule has 9 heteroatoms. The topological polar surface area (TPSA) is 95.8 Å². The number of nitrogens with one attached hydrogen (secondary N) is 1. The van der Waals surface area contributed by atoms with Crippen molar-refractivity contribution >= 4 is 21.4 Å². The second-order valence-corrected chi connectivity index (χ2v) is 10.7. The van der Waals surface area contributed by atoms with Crippen LogP contribution in [0.5, 0.6) is 0 Å². The molecule has 2 aliphatic heterocycles. The van der Waals surface area contributed by atoms with Crippen molar-refractivity contribution in [3.8, 4) is 0 Å². The zero-order chi connectivity index (χ0) is 23.3. The summed E-state index contributed by atoms with van der Waals surface area (Å²) in [6, 6.07) is 14.5. The normalized spacial score (nSPS) is 19.2. The molecule has 0 aromatic heterocycles. The fraction of sp³-hybridized carbons (Fsp3) is 0.500. The molecular weight excluding hydrogens is 440 g/mol. The van der Waals surface area contributed by atoms with Crippen molar-refractivity contribution in [1.29, 1.82) is 0 Å². The minimum absolute atomic E-state index is 0.0131. The second-order valence-electron chi connectivity index (χ2n) is 8.80. The van der Waals surface area contributed by atoms with E-state index in [1.54, 1.807) is 0 Å². The predicted molar refractivity (Wildman–Crippen MR) is 129 cm³/mol. The highest BCUT2D eigenvalue weighted by molar-refractivity contribution is 7.89. The molecule has 1 N–H and O–H groups in total. The van der Waals surface area contributed by atoms with E-state index in [0.717, 1.165) is 57.2 Å². The van der Waals surface area contributed by atoms with Crippen LogP contribution in [0, 0.1) is 10.1 Å². The van der Waals surface area contributed by atoms with Gasteiger partial charge in [-0.15, -0.1) is 0 Å². The number of hydrogen-bond donors (Lipinski definition) is 1. The highest BCUT2D eigenvalue weighted by Crippen LogP contribution is 2.32. The van der Waals surface area contributed by atoms with Crippen LogP contribution in [-0.2, 0) is 10.0 Å². The smallest absolute Gasteiger partial charge is 0.293 e. The minimum atomic E-state index is -3.75. The monoisotopic (exact) mass is 472 g/mol. The van der Waals surface area contributed by atoms with Crippen molar-refractivity contribution in [3.63, 3.8) is 0 Å². The molecule has 33 heavy (non-hydrogen) atoms. The Morgan fingerprint density at radius 2 is 1.55 bits per heavy atom. The van der Waals surface area contributed by atoms with Crippen LogP contribution in [-0.4, -0.2) is 55.3 Å². The fourth-order valence-corrected chi connectivity index (χ4v) is 6.33. The van der Waals surface area contributed by atoms with E-state index < -0.39 is 14.9 Å². The van der Waals surface area contributed by atoms with Crippen LogP contribution in [0.25, 0.3) is 0 Å². The number of nitrogens with zero attached hydrogens (tertiary/aromatic N) is 3. The standard InChI is InChI=1S/C24H32N4O4S/c29-28(30)23-18-21(33(31,32)27-16-6-1-2-7-17-27)12-13-22(23)25-19-24(26-14-8-9-15-26)20-10-4-3-5-11-20/h3-5,10-13,18,24-25H,1-2,6-9,14-17,19H2. The Labute approximate surface area is 195 Å². The van der Waals surface area contributed by atoms with E-state index >= 15 is 0 Å². The summed E-state index contributed by atoms with van der Waals surface area (Å²) in [4.78, 5) is 13.7. The van der Waals surface area contributed by atoms with Crippen LogP contribution < -0.4 is 5.32 Å². The van der Waals surface area contributed by atoms with E-state index in [1.807, 2.05) is 18.2 Å². The summed E-state index contributed by atoms with van der Waals surface area (Å²) in [5.41, 5.74) is 1.30. The van der Waals surface area contributed by atoms with Crippen molar-refractivity contribution in [1.82, 2.24) is 9.21 Å². The largest absolute Gasteiger partial charge is 0.378 e. The second kappa shape index (κ2) is 10.6. The molecule has 0 saturated carbocycles. The first-order valence-corrected chi connectivity index (χ1v) is 13.2. The van der Waals surface area contributed by atoms with Gasteiger partial charge in [-0.2, -0.15) is 4.31 Å². The summed E-state index contributed by atoms with van der Waals surface area (Å²) >= 11 is 0. The lowest BCUT2D eigenvalue weighted by Crippen LogP contribution is -2.32. The maximum Gasteiger partial charge on any atom is 0.293 e. The van der Waals surface area contributed by atoms with Crippen LogP contribution in [0.1, 0.15) is 50.1 Å². The zero-order valence-electron chi connectivity index (χ0n) is 18.9. The number of likely N-dealkylation sites (tertiary alicyclic amines) is 1. The Hall–Kier alpha value is -2.49. The van der Waals surface area contributed by atoms with Gasteiger partial charge in [0.05, 0.1) is 15.9 Å². The van der Waals surface area contributed by atoms with Crippen LogP contribution in [0.2, 0.25) is 0 Å².